The molecular weight excluding hydrogens is 510 g/mol. The van der Waals surface area contributed by atoms with Crippen LogP contribution in [-0.2, 0) is 14.3 Å². The van der Waals surface area contributed by atoms with E-state index in [-0.39, 0.29) is 36.1 Å². The summed E-state index contributed by atoms with van der Waals surface area (Å²) in [5.41, 5.74) is 5.62. The Balaban J connectivity index is 1.49. The highest BCUT2D eigenvalue weighted by atomic mass is 16.5. The van der Waals surface area contributed by atoms with Gasteiger partial charge in [-0.05, 0) is 109 Å². The second-order valence-corrected chi connectivity index (χ2v) is 13.4. The molecule has 1 saturated heterocycles. The molecule has 6 rings (SSSR count). The molecule has 5 nitrogen and oxygen atoms in total. The van der Waals surface area contributed by atoms with Gasteiger partial charge in [0.15, 0.2) is 11.6 Å². The number of Topliss-reactive ketones (excluding diaryl/α,β-unsaturated/α-hetero) is 1. The van der Waals surface area contributed by atoms with Gasteiger partial charge in [0.05, 0.1) is 5.41 Å². The molecule has 4 aliphatic carbocycles. The number of ketones is 2. The zero-order valence-corrected chi connectivity index (χ0v) is 25.0. The molecule has 1 aromatic carbocycles. The van der Waals surface area contributed by atoms with Crippen LogP contribution in [0.3, 0.4) is 0 Å². The Morgan fingerprint density at radius 3 is 2.61 bits per heavy atom. The van der Waals surface area contributed by atoms with Crippen LogP contribution >= 0.6 is 0 Å². The van der Waals surface area contributed by atoms with Crippen molar-refractivity contribution in [3.05, 3.63) is 52.6 Å². The molecule has 6 atom stereocenters. The molecule has 1 heterocycles. The number of aliphatic hydroxyl groups excluding tert-OH is 1. The maximum absolute atomic E-state index is 13.9. The topological polar surface area (TPSA) is 66.8 Å². The van der Waals surface area contributed by atoms with Gasteiger partial charge in [-0.1, -0.05) is 43.4 Å². The third kappa shape index (κ3) is 4.63. The van der Waals surface area contributed by atoms with Crippen LogP contribution in [0, 0.1) is 40.4 Å². The molecule has 2 unspecified atom stereocenters. The van der Waals surface area contributed by atoms with E-state index in [0.29, 0.717) is 30.6 Å². The molecular formula is C36H45NO4. The lowest BCUT2D eigenvalue weighted by molar-refractivity contribution is -0.136. The zero-order valence-electron chi connectivity index (χ0n) is 25.0. The summed E-state index contributed by atoms with van der Waals surface area (Å²) in [6.07, 6.45) is 10.6. The van der Waals surface area contributed by atoms with Crippen LogP contribution in [0.2, 0.25) is 0 Å². The van der Waals surface area contributed by atoms with Crippen molar-refractivity contribution in [2.75, 3.05) is 38.3 Å². The summed E-state index contributed by atoms with van der Waals surface area (Å²) in [7, 11) is 1.58. The Hall–Kier alpha value is -2.68. The van der Waals surface area contributed by atoms with E-state index in [2.05, 4.69) is 54.9 Å². The number of carbonyl (C=O) groups excluding carboxylic acids is 2. The van der Waals surface area contributed by atoms with Crippen LogP contribution in [0.4, 0.5) is 5.69 Å². The maximum Gasteiger partial charge on any atom is 0.176 e. The van der Waals surface area contributed by atoms with Gasteiger partial charge in [-0.25, -0.2) is 0 Å². The Morgan fingerprint density at radius 1 is 1.15 bits per heavy atom. The molecule has 1 aromatic rings. The molecule has 5 aliphatic rings. The molecule has 0 radical (unpaired) electrons. The second-order valence-electron chi connectivity index (χ2n) is 13.4. The highest BCUT2D eigenvalue weighted by Crippen LogP contribution is 2.70. The average Bonchev–Trinajstić information content (AvgIpc) is 3.29. The second kappa shape index (κ2) is 11.2. The van der Waals surface area contributed by atoms with Crippen molar-refractivity contribution in [3.8, 4) is 11.8 Å². The van der Waals surface area contributed by atoms with Crippen LogP contribution in [0.25, 0.3) is 0 Å². The summed E-state index contributed by atoms with van der Waals surface area (Å²) >= 11 is 0. The van der Waals surface area contributed by atoms with Gasteiger partial charge in [-0.2, -0.15) is 0 Å². The van der Waals surface area contributed by atoms with E-state index in [9.17, 15) is 14.7 Å². The van der Waals surface area contributed by atoms with E-state index in [1.165, 1.54) is 47.2 Å². The standard InChI is InChI=1S/C36H45NO4/c1-24-20-30-32-14-16-36(15-7-19-38,33(40)23-41-3)35(32,2)22-31(34(30)28-13-12-27(39)21-29(24)28)25-8-10-26(11-9-25)37-17-5-4-6-18-37/h8-11,21,24,30-32,38H,4-6,12-14,16-20,22-23H2,1-3H3/t24?,30-,31?,32-,35-,36+/m0/s1. The van der Waals surface area contributed by atoms with Gasteiger partial charge in [-0.15, -0.1) is 0 Å². The minimum atomic E-state index is -0.833. The molecule has 5 heteroatoms. The smallest absolute Gasteiger partial charge is 0.176 e. The van der Waals surface area contributed by atoms with Gasteiger partial charge in [-0.3, -0.25) is 9.59 Å². The lowest BCUT2D eigenvalue weighted by Gasteiger charge is -2.55. The lowest BCUT2D eigenvalue weighted by atomic mass is 9.47. The van der Waals surface area contributed by atoms with E-state index in [0.717, 1.165) is 38.8 Å². The van der Waals surface area contributed by atoms with Crippen LogP contribution in [-0.4, -0.2) is 50.1 Å². The first kappa shape index (κ1) is 28.4. The first-order valence-electron chi connectivity index (χ1n) is 15.8. The van der Waals surface area contributed by atoms with Crippen LogP contribution in [0.1, 0.15) is 83.1 Å². The number of allylic oxidation sites excluding steroid dienone is 4. The highest BCUT2D eigenvalue weighted by Gasteiger charge is 2.65. The number of anilines is 1. The van der Waals surface area contributed by atoms with Crippen molar-refractivity contribution in [2.45, 2.75) is 77.6 Å². The fraction of sp³-hybridized carbons (Fsp3) is 0.611. The highest BCUT2D eigenvalue weighted by molar-refractivity contribution is 5.93. The van der Waals surface area contributed by atoms with Gasteiger partial charge in [0.1, 0.15) is 13.2 Å². The van der Waals surface area contributed by atoms with Crippen molar-refractivity contribution in [1.82, 2.24) is 0 Å². The van der Waals surface area contributed by atoms with Gasteiger partial charge >= 0.3 is 0 Å². The maximum atomic E-state index is 13.9. The van der Waals surface area contributed by atoms with E-state index >= 15 is 0 Å². The molecule has 0 amide bonds. The van der Waals surface area contributed by atoms with Gasteiger partial charge in [0, 0.05) is 38.2 Å². The summed E-state index contributed by atoms with van der Waals surface area (Å²) in [6, 6.07) is 9.24. The Kier molecular flexibility index (Phi) is 7.76. The number of rotatable bonds is 5. The van der Waals surface area contributed by atoms with E-state index < -0.39 is 5.41 Å². The van der Waals surface area contributed by atoms with Crippen LogP contribution in [0.5, 0.6) is 0 Å². The fourth-order valence-electron chi connectivity index (χ4n) is 9.53. The fourth-order valence-corrected chi connectivity index (χ4v) is 9.53. The third-order valence-corrected chi connectivity index (χ3v) is 11.4. The third-order valence-electron chi connectivity index (χ3n) is 11.4. The van der Waals surface area contributed by atoms with Gasteiger partial charge in [0.25, 0.3) is 0 Å². The summed E-state index contributed by atoms with van der Waals surface area (Å²) in [6.45, 7) is 6.62. The normalized spacial score (nSPS) is 34.7. The van der Waals surface area contributed by atoms with Gasteiger partial charge < -0.3 is 14.7 Å². The number of hydrogen-bond donors (Lipinski definition) is 1. The number of nitrogens with zero attached hydrogens (tertiary/aromatic N) is 1. The SMILES string of the molecule is COCC(=O)[C@@]1(C#CCO)CC[C@H]2[C@@H]3CC(C)C4=CC(=O)CCC4=C3C(c3ccc(N4CCCCC4)cc3)C[C@@]21C. The van der Waals surface area contributed by atoms with E-state index in [1.807, 2.05) is 6.08 Å². The van der Waals surface area contributed by atoms with Crippen LogP contribution < -0.4 is 4.90 Å². The average molecular weight is 556 g/mol. The molecule has 41 heavy (non-hydrogen) atoms. The van der Waals surface area contributed by atoms with Crippen LogP contribution in [0.15, 0.2) is 47.1 Å². The Morgan fingerprint density at radius 2 is 1.90 bits per heavy atom. The van der Waals surface area contributed by atoms with Crippen molar-refractivity contribution in [1.29, 1.82) is 0 Å². The van der Waals surface area contributed by atoms with Crippen molar-refractivity contribution < 1.29 is 19.4 Å². The molecule has 0 spiro atoms. The minimum Gasteiger partial charge on any atom is -0.384 e. The first-order chi connectivity index (χ1) is 19.8. The molecule has 3 fully saturated rings. The number of piperidine rings is 1. The number of carbonyl (C=O) groups is 2. The zero-order chi connectivity index (χ0) is 28.8. The predicted octanol–water partition coefficient (Wildman–Crippen LogP) is 6.02. The molecule has 2 saturated carbocycles. The minimum absolute atomic E-state index is 0.0433. The number of methoxy groups -OCH3 is 1. The molecule has 218 valence electrons. The Labute approximate surface area is 245 Å². The number of hydrogen-bond acceptors (Lipinski definition) is 5. The van der Waals surface area contributed by atoms with Crippen molar-refractivity contribution in [2.24, 2.45) is 28.6 Å². The summed E-state index contributed by atoms with van der Waals surface area (Å²) in [4.78, 5) is 28.9. The summed E-state index contributed by atoms with van der Waals surface area (Å²) in [5, 5.41) is 9.71. The first-order valence-corrected chi connectivity index (χ1v) is 15.8. The Bertz CT molecular complexity index is 1320. The molecule has 1 N–H and O–H groups in total. The van der Waals surface area contributed by atoms with Gasteiger partial charge in [0.2, 0.25) is 0 Å². The number of benzene rings is 1. The monoisotopic (exact) mass is 555 g/mol. The van der Waals surface area contributed by atoms with E-state index in [4.69, 9.17) is 4.74 Å². The van der Waals surface area contributed by atoms with Crippen molar-refractivity contribution in [3.63, 3.8) is 0 Å². The van der Waals surface area contributed by atoms with E-state index in [1.54, 1.807) is 7.11 Å². The number of ether oxygens (including phenoxy) is 1. The predicted molar refractivity (Wildman–Crippen MR) is 161 cm³/mol. The summed E-state index contributed by atoms with van der Waals surface area (Å²) in [5.74, 6) is 7.74. The summed E-state index contributed by atoms with van der Waals surface area (Å²) < 4.78 is 5.40. The number of aliphatic hydroxyl groups is 1. The lowest BCUT2D eigenvalue weighted by Crippen LogP contribution is -2.52. The van der Waals surface area contributed by atoms with Crippen molar-refractivity contribution >= 4 is 17.3 Å². The largest absolute Gasteiger partial charge is 0.384 e. The number of fused-ring (bicyclic) bond motifs is 4. The molecule has 1 aliphatic heterocycles. The quantitative estimate of drug-likeness (QED) is 0.450. The molecule has 0 aromatic heterocycles. The molecule has 0 bridgehead atoms.